The highest BCUT2D eigenvalue weighted by atomic mass is 35.5. The predicted octanol–water partition coefficient (Wildman–Crippen LogP) is 2.61. The number of hydrogen-bond donors (Lipinski definition) is 2. The number of nitrogens with zero attached hydrogens (tertiary/aromatic N) is 1. The Bertz CT molecular complexity index is 443. The van der Waals surface area contributed by atoms with E-state index in [9.17, 15) is 4.79 Å². The van der Waals surface area contributed by atoms with Crippen molar-refractivity contribution in [1.82, 2.24) is 15.6 Å². The van der Waals surface area contributed by atoms with E-state index in [4.69, 9.17) is 0 Å². The molecule has 2 heterocycles. The zero-order valence-corrected chi connectivity index (χ0v) is 15.7. The molecular weight excluding hydrogens is 349 g/mol. The van der Waals surface area contributed by atoms with Gasteiger partial charge in [0.05, 0.1) is 16.7 Å². The van der Waals surface area contributed by atoms with Crippen LogP contribution in [0.3, 0.4) is 0 Å². The molecule has 0 aliphatic carbocycles. The van der Waals surface area contributed by atoms with Gasteiger partial charge >= 0.3 is 0 Å². The van der Waals surface area contributed by atoms with Crippen molar-refractivity contribution in [1.29, 1.82) is 0 Å². The SMILES string of the molecule is CC(C)(C)c1csc(CCNC(=O)C2CSCN2)n1.Cl.Cl. The molecule has 2 N–H and O–H groups in total. The number of rotatable bonds is 4. The number of amides is 1. The van der Waals surface area contributed by atoms with Crippen molar-refractivity contribution >= 4 is 53.8 Å². The highest BCUT2D eigenvalue weighted by molar-refractivity contribution is 7.99. The molecule has 1 atom stereocenters. The molecule has 0 bridgehead atoms. The lowest BCUT2D eigenvalue weighted by atomic mass is 9.93. The zero-order chi connectivity index (χ0) is 13.9. The molecular formula is C13H23Cl2N3OS2. The van der Waals surface area contributed by atoms with Crippen LogP contribution in [0.1, 0.15) is 31.5 Å². The zero-order valence-electron chi connectivity index (χ0n) is 12.5. The van der Waals surface area contributed by atoms with E-state index in [2.05, 4.69) is 41.8 Å². The molecule has 1 unspecified atom stereocenters. The van der Waals surface area contributed by atoms with Crippen LogP contribution in [-0.2, 0) is 16.6 Å². The van der Waals surface area contributed by atoms with Gasteiger partial charge < -0.3 is 5.32 Å². The molecule has 1 aliphatic rings. The second-order valence-corrected chi connectivity index (χ2v) is 7.66. The van der Waals surface area contributed by atoms with Crippen LogP contribution in [0.5, 0.6) is 0 Å². The second-order valence-electron chi connectivity index (χ2n) is 5.69. The number of carbonyl (C=O) groups is 1. The van der Waals surface area contributed by atoms with Crippen LogP contribution >= 0.6 is 47.9 Å². The molecule has 1 aromatic heterocycles. The van der Waals surface area contributed by atoms with Gasteiger partial charge in [-0.25, -0.2) is 4.98 Å². The summed E-state index contributed by atoms with van der Waals surface area (Å²) in [4.78, 5) is 16.4. The summed E-state index contributed by atoms with van der Waals surface area (Å²) in [6, 6.07) is -0.0218. The van der Waals surface area contributed by atoms with E-state index >= 15 is 0 Å². The molecule has 21 heavy (non-hydrogen) atoms. The van der Waals surface area contributed by atoms with Crippen molar-refractivity contribution in [2.75, 3.05) is 18.2 Å². The minimum Gasteiger partial charge on any atom is -0.354 e. The fraction of sp³-hybridized carbons (Fsp3) is 0.692. The highest BCUT2D eigenvalue weighted by Crippen LogP contribution is 2.23. The molecule has 0 saturated carbocycles. The maximum absolute atomic E-state index is 11.8. The average Bonchev–Trinajstić information content (AvgIpc) is 2.99. The van der Waals surface area contributed by atoms with Gasteiger partial charge in [0.25, 0.3) is 0 Å². The number of halogens is 2. The Balaban J connectivity index is 0.00000200. The van der Waals surface area contributed by atoms with E-state index in [-0.39, 0.29) is 42.2 Å². The number of thioether (sulfide) groups is 1. The minimum atomic E-state index is -0.0218. The molecule has 1 aliphatic heterocycles. The summed E-state index contributed by atoms with van der Waals surface area (Å²) < 4.78 is 0. The maximum Gasteiger partial charge on any atom is 0.238 e. The molecule has 0 radical (unpaired) electrons. The number of hydrogen-bond acceptors (Lipinski definition) is 5. The van der Waals surface area contributed by atoms with Gasteiger partial charge in [-0.3, -0.25) is 10.1 Å². The van der Waals surface area contributed by atoms with E-state index in [1.54, 1.807) is 23.1 Å². The van der Waals surface area contributed by atoms with Crippen molar-refractivity contribution < 1.29 is 4.79 Å². The van der Waals surface area contributed by atoms with E-state index < -0.39 is 0 Å². The first kappa shape index (κ1) is 21.0. The lowest BCUT2D eigenvalue weighted by Crippen LogP contribution is -2.42. The van der Waals surface area contributed by atoms with Crippen LogP contribution in [0.25, 0.3) is 0 Å². The van der Waals surface area contributed by atoms with Crippen LogP contribution in [-0.4, -0.2) is 35.1 Å². The molecule has 8 heteroatoms. The molecule has 1 aromatic rings. The summed E-state index contributed by atoms with van der Waals surface area (Å²) in [6.45, 7) is 7.16. The summed E-state index contributed by atoms with van der Waals surface area (Å²) in [5.41, 5.74) is 1.23. The van der Waals surface area contributed by atoms with Crippen LogP contribution in [0, 0.1) is 0 Å². The van der Waals surface area contributed by atoms with Crippen molar-refractivity contribution in [3.8, 4) is 0 Å². The number of thiazole rings is 1. The largest absolute Gasteiger partial charge is 0.354 e. The van der Waals surface area contributed by atoms with Gasteiger partial charge in [0.2, 0.25) is 5.91 Å². The van der Waals surface area contributed by atoms with Gasteiger partial charge in [-0.05, 0) is 0 Å². The third-order valence-corrected chi connectivity index (χ3v) is 4.84. The topological polar surface area (TPSA) is 54.0 Å². The summed E-state index contributed by atoms with van der Waals surface area (Å²) in [5, 5.41) is 9.35. The van der Waals surface area contributed by atoms with E-state index in [0.717, 1.165) is 28.8 Å². The fourth-order valence-corrected chi connectivity index (χ4v) is 3.72. The van der Waals surface area contributed by atoms with Gasteiger partial charge in [-0.2, -0.15) is 0 Å². The van der Waals surface area contributed by atoms with E-state index in [0.29, 0.717) is 6.54 Å². The number of carbonyl (C=O) groups excluding carboxylic acids is 1. The fourth-order valence-electron chi connectivity index (χ4n) is 1.75. The van der Waals surface area contributed by atoms with Crippen LogP contribution in [0.4, 0.5) is 0 Å². The summed E-state index contributed by atoms with van der Waals surface area (Å²) in [5.74, 6) is 1.86. The van der Waals surface area contributed by atoms with Crippen molar-refractivity contribution in [2.24, 2.45) is 0 Å². The Labute approximate surface area is 147 Å². The molecule has 1 saturated heterocycles. The third kappa shape index (κ3) is 6.32. The summed E-state index contributed by atoms with van der Waals surface area (Å²) in [7, 11) is 0. The average molecular weight is 372 g/mol. The van der Waals surface area contributed by atoms with Crippen molar-refractivity contribution in [2.45, 2.75) is 38.6 Å². The molecule has 0 aromatic carbocycles. The Kier molecular flexibility index (Phi) is 9.20. The molecule has 4 nitrogen and oxygen atoms in total. The molecule has 0 spiro atoms. The van der Waals surface area contributed by atoms with Gasteiger partial charge in [-0.1, -0.05) is 20.8 Å². The van der Waals surface area contributed by atoms with Crippen molar-refractivity contribution in [3.05, 3.63) is 16.1 Å². The van der Waals surface area contributed by atoms with Gasteiger partial charge in [0.15, 0.2) is 0 Å². The maximum atomic E-state index is 11.8. The van der Waals surface area contributed by atoms with Crippen molar-refractivity contribution in [3.63, 3.8) is 0 Å². The van der Waals surface area contributed by atoms with E-state index in [1.807, 2.05) is 0 Å². The first-order valence-electron chi connectivity index (χ1n) is 6.50. The van der Waals surface area contributed by atoms with Gasteiger partial charge in [0.1, 0.15) is 0 Å². The highest BCUT2D eigenvalue weighted by Gasteiger charge is 2.22. The third-order valence-electron chi connectivity index (χ3n) is 2.99. The number of nitrogens with one attached hydrogen (secondary N) is 2. The van der Waals surface area contributed by atoms with Gasteiger partial charge in [0, 0.05) is 35.4 Å². The lowest BCUT2D eigenvalue weighted by molar-refractivity contribution is -0.122. The Morgan fingerprint density at radius 3 is 2.71 bits per heavy atom. The van der Waals surface area contributed by atoms with E-state index in [1.165, 1.54) is 0 Å². The Hall–Kier alpha value is -0.0100. The standard InChI is InChI=1S/C13H21N3OS2.2ClH/c1-13(2,3)10-7-19-11(16-10)4-5-14-12(17)9-6-18-8-15-9;;/h7,9,15H,4-6,8H2,1-3H3,(H,14,17);2*1H. The number of aromatic nitrogens is 1. The second kappa shape index (κ2) is 9.20. The molecule has 1 fully saturated rings. The lowest BCUT2D eigenvalue weighted by Gasteiger charge is -2.14. The van der Waals surface area contributed by atoms with Gasteiger partial charge in [-0.15, -0.1) is 47.9 Å². The summed E-state index contributed by atoms with van der Waals surface area (Å²) in [6.07, 6.45) is 0.812. The van der Waals surface area contributed by atoms with Crippen LogP contribution in [0.2, 0.25) is 0 Å². The molecule has 1 amide bonds. The quantitative estimate of drug-likeness (QED) is 0.853. The normalized spacial score (nSPS) is 17.8. The first-order chi connectivity index (χ1) is 8.97. The summed E-state index contributed by atoms with van der Waals surface area (Å²) >= 11 is 3.44. The predicted molar refractivity (Wildman–Crippen MR) is 96.3 cm³/mol. The smallest absolute Gasteiger partial charge is 0.238 e. The first-order valence-corrected chi connectivity index (χ1v) is 8.54. The molecule has 122 valence electrons. The molecule has 2 rings (SSSR count). The Morgan fingerprint density at radius 1 is 1.48 bits per heavy atom. The van der Waals surface area contributed by atoms with Crippen LogP contribution in [0.15, 0.2) is 5.38 Å². The Morgan fingerprint density at radius 2 is 2.19 bits per heavy atom. The minimum absolute atomic E-state index is 0. The monoisotopic (exact) mass is 371 g/mol. The van der Waals surface area contributed by atoms with Crippen LogP contribution < -0.4 is 10.6 Å².